The topological polar surface area (TPSA) is 84.6 Å². The van der Waals surface area contributed by atoms with Gasteiger partial charge in [-0.2, -0.15) is 0 Å². The summed E-state index contributed by atoms with van der Waals surface area (Å²) in [4.78, 5) is 10.2. The lowest BCUT2D eigenvalue weighted by Crippen LogP contribution is -2.42. The molecule has 0 saturated carbocycles. The molecule has 20 heavy (non-hydrogen) atoms. The Morgan fingerprint density at radius 2 is 2.15 bits per heavy atom. The van der Waals surface area contributed by atoms with Gasteiger partial charge in [-0.25, -0.2) is 4.39 Å². The van der Waals surface area contributed by atoms with Crippen LogP contribution in [0.1, 0.15) is 12.8 Å². The third kappa shape index (κ3) is 3.36. The zero-order valence-corrected chi connectivity index (χ0v) is 11.3. The van der Waals surface area contributed by atoms with Crippen molar-refractivity contribution >= 4 is 23.0 Å². The van der Waals surface area contributed by atoms with Crippen LogP contribution in [0.4, 0.5) is 15.8 Å². The normalized spacial score (nSPS) is 17.8. The fraction of sp³-hybridized carbons (Fsp3) is 0.500. The number of nitrogens with zero attached hydrogens (tertiary/aromatic N) is 1. The maximum atomic E-state index is 13.3. The second kappa shape index (κ2) is 5.90. The molecule has 0 spiro atoms. The van der Waals surface area contributed by atoms with Crippen LogP contribution in [-0.4, -0.2) is 35.4 Å². The molecule has 2 N–H and O–H groups in total. The highest BCUT2D eigenvalue weighted by Gasteiger charge is 2.30. The molecule has 0 unspecified atom stereocenters. The highest BCUT2D eigenvalue weighted by molar-refractivity contribution is 6.31. The number of hydrogen-bond acceptors (Lipinski definition) is 5. The molecule has 6 nitrogen and oxygen atoms in total. The molecule has 1 aromatic carbocycles. The number of nitrogens with one attached hydrogen (secondary N) is 1. The monoisotopic (exact) mass is 304 g/mol. The van der Waals surface area contributed by atoms with Crippen molar-refractivity contribution in [1.82, 2.24) is 0 Å². The van der Waals surface area contributed by atoms with E-state index in [0.29, 0.717) is 26.1 Å². The van der Waals surface area contributed by atoms with Crippen LogP contribution in [0.15, 0.2) is 12.1 Å². The zero-order valence-electron chi connectivity index (χ0n) is 10.6. The van der Waals surface area contributed by atoms with Crippen molar-refractivity contribution in [3.8, 4) is 0 Å². The fourth-order valence-electron chi connectivity index (χ4n) is 2.02. The molecule has 2 rings (SSSR count). The minimum absolute atomic E-state index is 0.0846. The minimum atomic E-state index is -0.993. The molecule has 0 aromatic heterocycles. The summed E-state index contributed by atoms with van der Waals surface area (Å²) >= 11 is 5.63. The van der Waals surface area contributed by atoms with Gasteiger partial charge in [-0.05, 0) is 6.07 Å². The van der Waals surface area contributed by atoms with Crippen LogP contribution < -0.4 is 5.32 Å². The minimum Gasteiger partial charge on any atom is -0.388 e. The first-order valence-corrected chi connectivity index (χ1v) is 6.46. The van der Waals surface area contributed by atoms with Crippen LogP contribution in [0.3, 0.4) is 0 Å². The van der Waals surface area contributed by atoms with Gasteiger partial charge in [-0.1, -0.05) is 11.6 Å². The van der Waals surface area contributed by atoms with Crippen LogP contribution in [0, 0.1) is 15.9 Å². The number of aliphatic hydroxyl groups is 1. The highest BCUT2D eigenvalue weighted by atomic mass is 35.5. The van der Waals surface area contributed by atoms with E-state index in [1.165, 1.54) is 0 Å². The number of nitro benzene ring substituents is 1. The van der Waals surface area contributed by atoms with Crippen molar-refractivity contribution in [2.75, 3.05) is 25.1 Å². The predicted octanol–water partition coefficient (Wildman–Crippen LogP) is 2.34. The van der Waals surface area contributed by atoms with Crippen LogP contribution >= 0.6 is 11.6 Å². The van der Waals surface area contributed by atoms with Gasteiger partial charge < -0.3 is 15.2 Å². The maximum Gasteiger partial charge on any atom is 0.295 e. The van der Waals surface area contributed by atoms with E-state index in [2.05, 4.69) is 5.32 Å². The molecule has 1 aromatic rings. The quantitative estimate of drug-likeness (QED) is 0.659. The van der Waals surface area contributed by atoms with E-state index < -0.39 is 22.0 Å². The summed E-state index contributed by atoms with van der Waals surface area (Å²) in [6, 6.07) is 1.91. The van der Waals surface area contributed by atoms with Crippen LogP contribution in [0.5, 0.6) is 0 Å². The Morgan fingerprint density at radius 1 is 1.50 bits per heavy atom. The van der Waals surface area contributed by atoms with Crippen molar-refractivity contribution < 1.29 is 19.2 Å². The van der Waals surface area contributed by atoms with Crippen LogP contribution in [-0.2, 0) is 4.74 Å². The summed E-state index contributed by atoms with van der Waals surface area (Å²) in [5, 5.41) is 23.7. The van der Waals surface area contributed by atoms with Crippen molar-refractivity contribution in [3.63, 3.8) is 0 Å². The number of rotatable bonds is 4. The lowest BCUT2D eigenvalue weighted by molar-refractivity contribution is -0.384. The van der Waals surface area contributed by atoms with E-state index in [0.717, 1.165) is 12.1 Å². The molecule has 0 bridgehead atoms. The Kier molecular flexibility index (Phi) is 4.42. The number of hydrogen-bond donors (Lipinski definition) is 2. The lowest BCUT2D eigenvalue weighted by Gasteiger charge is -2.32. The third-order valence-corrected chi connectivity index (χ3v) is 3.56. The summed E-state index contributed by atoms with van der Waals surface area (Å²) in [6.45, 7) is 0.980. The molecule has 1 aliphatic heterocycles. The van der Waals surface area contributed by atoms with Crippen molar-refractivity contribution in [2.24, 2.45) is 0 Å². The molecule has 1 fully saturated rings. The Morgan fingerprint density at radius 3 is 2.75 bits per heavy atom. The summed E-state index contributed by atoms with van der Waals surface area (Å²) < 4.78 is 18.4. The largest absolute Gasteiger partial charge is 0.388 e. The summed E-state index contributed by atoms with van der Waals surface area (Å²) in [5.74, 6) is -0.853. The third-order valence-electron chi connectivity index (χ3n) is 3.27. The van der Waals surface area contributed by atoms with Gasteiger partial charge in [0.25, 0.3) is 5.69 Å². The first-order valence-electron chi connectivity index (χ1n) is 6.09. The van der Waals surface area contributed by atoms with Gasteiger partial charge >= 0.3 is 0 Å². The first-order chi connectivity index (χ1) is 9.41. The summed E-state index contributed by atoms with van der Waals surface area (Å²) in [7, 11) is 0. The second-order valence-corrected chi connectivity index (χ2v) is 5.14. The van der Waals surface area contributed by atoms with E-state index in [1.807, 2.05) is 0 Å². The predicted molar refractivity (Wildman–Crippen MR) is 71.6 cm³/mol. The van der Waals surface area contributed by atoms with E-state index in [9.17, 15) is 19.6 Å². The fourth-order valence-corrected chi connectivity index (χ4v) is 2.18. The number of nitro groups is 1. The second-order valence-electron chi connectivity index (χ2n) is 4.73. The SMILES string of the molecule is O=[N+]([O-])c1cc(F)c(Cl)cc1NCC1(O)CCOCC1. The first kappa shape index (κ1) is 15.0. The van der Waals surface area contributed by atoms with Crippen molar-refractivity contribution in [1.29, 1.82) is 0 Å². The molecular weight excluding hydrogens is 291 g/mol. The molecule has 1 aliphatic rings. The van der Waals surface area contributed by atoms with Gasteiger partial charge in [0.1, 0.15) is 11.5 Å². The van der Waals surface area contributed by atoms with Crippen molar-refractivity contribution in [2.45, 2.75) is 18.4 Å². The smallest absolute Gasteiger partial charge is 0.295 e. The Bertz CT molecular complexity index is 520. The van der Waals surface area contributed by atoms with Gasteiger partial charge in [0.15, 0.2) is 0 Å². The molecule has 1 heterocycles. The van der Waals surface area contributed by atoms with E-state index in [1.54, 1.807) is 0 Å². The highest BCUT2D eigenvalue weighted by Crippen LogP contribution is 2.31. The average molecular weight is 305 g/mol. The molecule has 110 valence electrons. The maximum absolute atomic E-state index is 13.3. The average Bonchev–Trinajstić information content (AvgIpc) is 2.40. The van der Waals surface area contributed by atoms with E-state index in [4.69, 9.17) is 16.3 Å². The number of benzene rings is 1. The van der Waals surface area contributed by atoms with Gasteiger partial charge in [0, 0.05) is 32.6 Å². The van der Waals surface area contributed by atoms with Gasteiger partial charge in [-0.15, -0.1) is 0 Å². The van der Waals surface area contributed by atoms with Gasteiger partial charge in [0.2, 0.25) is 0 Å². The summed E-state index contributed by atoms with van der Waals surface area (Å²) in [5.41, 5.74) is -1.32. The number of ether oxygens (including phenoxy) is 1. The molecule has 0 radical (unpaired) electrons. The number of anilines is 1. The van der Waals surface area contributed by atoms with E-state index >= 15 is 0 Å². The Balaban J connectivity index is 2.16. The molecule has 0 amide bonds. The Hall–Kier alpha value is -1.44. The number of halogens is 2. The Labute approximate surface area is 119 Å². The van der Waals surface area contributed by atoms with Gasteiger partial charge in [0.05, 0.1) is 21.6 Å². The molecule has 8 heteroatoms. The standard InChI is InChI=1S/C12H14ClFN2O4/c13-8-5-10(11(16(18)19)6-9(8)14)15-7-12(17)1-3-20-4-2-12/h5-6,15,17H,1-4,7H2. The molecule has 1 saturated heterocycles. The summed E-state index contributed by atoms with van der Waals surface area (Å²) in [6.07, 6.45) is 0.867. The van der Waals surface area contributed by atoms with Crippen LogP contribution in [0.2, 0.25) is 5.02 Å². The van der Waals surface area contributed by atoms with Gasteiger partial charge in [-0.3, -0.25) is 10.1 Å². The molecule has 0 atom stereocenters. The van der Waals surface area contributed by atoms with E-state index in [-0.39, 0.29) is 17.3 Å². The molecule has 0 aliphatic carbocycles. The molecular formula is C12H14ClFN2O4. The van der Waals surface area contributed by atoms with Crippen molar-refractivity contribution in [3.05, 3.63) is 33.1 Å². The zero-order chi connectivity index (χ0) is 14.8. The van der Waals surface area contributed by atoms with Crippen LogP contribution in [0.25, 0.3) is 0 Å². The lowest BCUT2D eigenvalue weighted by atomic mass is 9.94.